The first-order valence-corrected chi connectivity index (χ1v) is 9.85. The zero-order valence-electron chi connectivity index (χ0n) is 16.3. The second-order valence-electron chi connectivity index (χ2n) is 7.81. The van der Waals surface area contributed by atoms with Crippen LogP contribution in [0.3, 0.4) is 0 Å². The number of hydrogen-bond donors (Lipinski definition) is 1. The van der Waals surface area contributed by atoms with Crippen LogP contribution in [0.15, 0.2) is 54.6 Å². The lowest BCUT2D eigenvalue weighted by Gasteiger charge is -2.70. The lowest BCUT2D eigenvalue weighted by atomic mass is 9.60. The van der Waals surface area contributed by atoms with E-state index in [9.17, 15) is 14.7 Å². The van der Waals surface area contributed by atoms with Crippen LogP contribution in [0.25, 0.3) is 11.1 Å². The molecule has 0 radical (unpaired) electrons. The van der Waals surface area contributed by atoms with Crippen molar-refractivity contribution in [1.29, 1.82) is 0 Å². The summed E-state index contributed by atoms with van der Waals surface area (Å²) < 4.78 is 0. The van der Waals surface area contributed by atoms with Crippen LogP contribution in [0.1, 0.15) is 31.7 Å². The number of likely N-dealkylation sites (tertiary alicyclic amines) is 2. The minimum absolute atomic E-state index is 0.0344. The Labute approximate surface area is 165 Å². The van der Waals surface area contributed by atoms with Crippen molar-refractivity contribution in [3.05, 3.63) is 60.2 Å². The highest BCUT2D eigenvalue weighted by Gasteiger charge is 2.67. The van der Waals surface area contributed by atoms with E-state index in [1.807, 2.05) is 30.0 Å². The lowest BCUT2D eigenvalue weighted by molar-refractivity contribution is -0.201. The molecule has 2 heterocycles. The lowest BCUT2D eigenvalue weighted by Crippen LogP contribution is -2.85. The van der Waals surface area contributed by atoms with Crippen LogP contribution < -0.4 is 0 Å². The summed E-state index contributed by atoms with van der Waals surface area (Å²) in [5, 5.41) is 9.97. The molecule has 2 atom stereocenters. The number of carbonyl (C=O) groups is 2. The van der Waals surface area contributed by atoms with Gasteiger partial charge in [0.25, 0.3) is 0 Å². The van der Waals surface area contributed by atoms with Crippen molar-refractivity contribution < 1.29 is 14.7 Å². The molecule has 2 amide bonds. The van der Waals surface area contributed by atoms with Crippen LogP contribution in [0.2, 0.25) is 0 Å². The Balaban J connectivity index is 1.63. The third-order valence-electron chi connectivity index (χ3n) is 6.26. The fourth-order valence-corrected chi connectivity index (χ4v) is 5.05. The predicted molar refractivity (Wildman–Crippen MR) is 108 cm³/mol. The summed E-state index contributed by atoms with van der Waals surface area (Å²) in [6, 6.07) is 18.3. The van der Waals surface area contributed by atoms with Crippen LogP contribution in [-0.2, 0) is 9.59 Å². The highest BCUT2D eigenvalue weighted by Crippen LogP contribution is 2.54. The van der Waals surface area contributed by atoms with Gasteiger partial charge in [0.05, 0.1) is 18.2 Å². The highest BCUT2D eigenvalue weighted by molar-refractivity contribution is 5.81. The van der Waals surface area contributed by atoms with Crippen LogP contribution >= 0.6 is 0 Å². The van der Waals surface area contributed by atoms with Gasteiger partial charge in [0, 0.05) is 32.4 Å². The molecule has 2 saturated heterocycles. The number of nitrogens with zero attached hydrogens (tertiary/aromatic N) is 2. The molecule has 1 N–H and O–H groups in total. The molecule has 2 fully saturated rings. The van der Waals surface area contributed by atoms with Crippen LogP contribution in [0.4, 0.5) is 0 Å². The Morgan fingerprint density at radius 3 is 2.18 bits per heavy atom. The van der Waals surface area contributed by atoms with Crippen molar-refractivity contribution in [2.24, 2.45) is 0 Å². The number of aliphatic hydroxyl groups is 1. The van der Waals surface area contributed by atoms with Gasteiger partial charge in [0.1, 0.15) is 0 Å². The molecular weight excluding hydrogens is 352 g/mol. The van der Waals surface area contributed by atoms with Gasteiger partial charge >= 0.3 is 0 Å². The quantitative estimate of drug-likeness (QED) is 0.890. The Bertz CT molecular complexity index is 872. The standard InChI is InChI=1S/C23H26N2O3/c1-3-21(28)24-14-23(15-24)22(20(13-26)25(23)16(2)27)19-11-9-18(10-12-19)17-7-5-4-6-8-17/h4-12,20,22,26H,3,13-15H2,1-2H3/t20-,22+/m1/s1. The fourth-order valence-electron chi connectivity index (χ4n) is 5.05. The molecule has 0 bridgehead atoms. The van der Waals surface area contributed by atoms with Crippen molar-refractivity contribution in [3.8, 4) is 11.1 Å². The Morgan fingerprint density at radius 2 is 1.64 bits per heavy atom. The average molecular weight is 378 g/mol. The number of amides is 2. The van der Waals surface area contributed by atoms with Gasteiger partial charge in [-0.3, -0.25) is 9.59 Å². The largest absolute Gasteiger partial charge is 0.394 e. The zero-order valence-corrected chi connectivity index (χ0v) is 16.3. The third kappa shape index (κ3) is 2.73. The van der Waals surface area contributed by atoms with Crippen molar-refractivity contribution in [1.82, 2.24) is 9.80 Å². The SMILES string of the molecule is CCC(=O)N1CC2(C1)[C@@H](c1ccc(-c3ccccc3)cc1)[C@@H](CO)N2C(C)=O. The summed E-state index contributed by atoms with van der Waals surface area (Å²) in [7, 11) is 0. The fraction of sp³-hybridized carbons (Fsp3) is 0.391. The molecular formula is C23H26N2O3. The van der Waals surface area contributed by atoms with Gasteiger partial charge in [-0.25, -0.2) is 0 Å². The maximum absolute atomic E-state index is 12.3. The maximum Gasteiger partial charge on any atom is 0.222 e. The van der Waals surface area contributed by atoms with Crippen molar-refractivity contribution >= 4 is 11.8 Å². The molecule has 5 heteroatoms. The summed E-state index contributed by atoms with van der Waals surface area (Å²) in [5.41, 5.74) is 3.01. The van der Waals surface area contributed by atoms with Crippen molar-refractivity contribution in [2.75, 3.05) is 19.7 Å². The summed E-state index contributed by atoms with van der Waals surface area (Å²) in [4.78, 5) is 28.0. The molecule has 2 aromatic rings. The smallest absolute Gasteiger partial charge is 0.222 e. The van der Waals surface area contributed by atoms with E-state index in [-0.39, 0.29) is 30.4 Å². The van der Waals surface area contributed by atoms with Gasteiger partial charge in [-0.15, -0.1) is 0 Å². The van der Waals surface area contributed by atoms with Crippen molar-refractivity contribution in [2.45, 2.75) is 37.8 Å². The minimum atomic E-state index is -0.391. The monoisotopic (exact) mass is 378 g/mol. The molecule has 0 unspecified atom stereocenters. The number of aliphatic hydroxyl groups excluding tert-OH is 1. The van der Waals surface area contributed by atoms with E-state index in [4.69, 9.17) is 0 Å². The Kier molecular flexibility index (Phi) is 4.71. The van der Waals surface area contributed by atoms with Gasteiger partial charge in [0.15, 0.2) is 0 Å². The molecule has 2 aliphatic rings. The molecule has 0 aliphatic carbocycles. The first kappa shape index (κ1) is 18.7. The van der Waals surface area contributed by atoms with Gasteiger partial charge in [-0.05, 0) is 16.7 Å². The van der Waals surface area contributed by atoms with Crippen LogP contribution in [0, 0.1) is 0 Å². The molecule has 0 saturated carbocycles. The van der Waals surface area contributed by atoms with E-state index in [0.29, 0.717) is 19.5 Å². The molecule has 2 aromatic carbocycles. The van der Waals surface area contributed by atoms with Gasteiger partial charge in [-0.2, -0.15) is 0 Å². The normalized spacial score (nSPS) is 22.5. The molecule has 0 aromatic heterocycles. The molecule has 5 nitrogen and oxygen atoms in total. The topological polar surface area (TPSA) is 60.9 Å². The highest BCUT2D eigenvalue weighted by atomic mass is 16.3. The van der Waals surface area contributed by atoms with Crippen LogP contribution in [0.5, 0.6) is 0 Å². The Morgan fingerprint density at radius 1 is 1.04 bits per heavy atom. The maximum atomic E-state index is 12.3. The zero-order chi connectivity index (χ0) is 19.9. The van der Waals surface area contributed by atoms with Crippen molar-refractivity contribution in [3.63, 3.8) is 0 Å². The number of carbonyl (C=O) groups excluding carboxylic acids is 2. The van der Waals surface area contributed by atoms with E-state index in [1.54, 1.807) is 11.8 Å². The predicted octanol–water partition coefficient (Wildman–Crippen LogP) is 2.65. The first-order chi connectivity index (χ1) is 13.5. The summed E-state index contributed by atoms with van der Waals surface area (Å²) in [5.74, 6) is 0.103. The minimum Gasteiger partial charge on any atom is -0.394 e. The summed E-state index contributed by atoms with van der Waals surface area (Å²) in [6.07, 6.45) is 0.468. The van der Waals surface area contributed by atoms with E-state index in [1.165, 1.54) is 0 Å². The van der Waals surface area contributed by atoms with Gasteiger partial charge in [0.2, 0.25) is 11.8 Å². The summed E-state index contributed by atoms with van der Waals surface area (Å²) >= 11 is 0. The van der Waals surface area contributed by atoms with E-state index in [2.05, 4.69) is 36.4 Å². The number of benzene rings is 2. The molecule has 1 spiro atoms. The Hall–Kier alpha value is -2.66. The average Bonchev–Trinajstić information content (AvgIpc) is 2.67. The van der Waals surface area contributed by atoms with Gasteiger partial charge in [-0.1, -0.05) is 61.5 Å². The number of rotatable bonds is 4. The first-order valence-electron chi connectivity index (χ1n) is 9.85. The molecule has 146 valence electrons. The van der Waals surface area contributed by atoms with E-state index < -0.39 is 5.54 Å². The van der Waals surface area contributed by atoms with Gasteiger partial charge < -0.3 is 14.9 Å². The molecule has 2 aliphatic heterocycles. The second-order valence-corrected chi connectivity index (χ2v) is 7.81. The molecule has 4 rings (SSSR count). The van der Waals surface area contributed by atoms with E-state index in [0.717, 1.165) is 16.7 Å². The summed E-state index contributed by atoms with van der Waals surface area (Å²) in [6.45, 7) is 4.41. The molecule has 28 heavy (non-hydrogen) atoms. The van der Waals surface area contributed by atoms with Crippen LogP contribution in [-0.4, -0.2) is 58.0 Å². The number of hydrogen-bond acceptors (Lipinski definition) is 3. The second kappa shape index (κ2) is 7.06. The third-order valence-corrected chi connectivity index (χ3v) is 6.26. The van der Waals surface area contributed by atoms with E-state index >= 15 is 0 Å².